The van der Waals surface area contributed by atoms with Gasteiger partial charge in [-0.3, -0.25) is 0 Å². The molecule has 1 aliphatic carbocycles. The van der Waals surface area contributed by atoms with Gasteiger partial charge in [0.05, 0.1) is 5.39 Å². The average Bonchev–Trinajstić information content (AvgIpc) is 3.22. The maximum atomic E-state index is 12.8. The number of hydrogen-bond acceptors (Lipinski definition) is 2. The zero-order chi connectivity index (χ0) is 23.4. The molecule has 6 aromatic rings. The van der Waals surface area contributed by atoms with Crippen LogP contribution in [0.2, 0.25) is 0 Å². The molecule has 1 heterocycles. The highest BCUT2D eigenvalue weighted by molar-refractivity contribution is 6.06. The van der Waals surface area contributed by atoms with E-state index in [-0.39, 0.29) is 11.5 Å². The normalized spacial score (nSPS) is 14.2. The van der Waals surface area contributed by atoms with Gasteiger partial charge in [0.1, 0.15) is 5.58 Å². The Morgan fingerprint density at radius 1 is 0.600 bits per heavy atom. The predicted molar refractivity (Wildman–Crippen MR) is 143 cm³/mol. The highest BCUT2D eigenvalue weighted by Gasteiger charge is 2.29. The third kappa shape index (κ3) is 3.14. The van der Waals surface area contributed by atoms with Crippen molar-refractivity contribution in [3.05, 3.63) is 142 Å². The molecule has 0 bridgehead atoms. The van der Waals surface area contributed by atoms with E-state index in [4.69, 9.17) is 4.42 Å². The molecule has 0 radical (unpaired) electrons. The first-order chi connectivity index (χ1) is 17.3. The second-order valence-electron chi connectivity index (χ2n) is 9.24. The van der Waals surface area contributed by atoms with E-state index < -0.39 is 0 Å². The van der Waals surface area contributed by atoms with Gasteiger partial charge in [-0.15, -0.1) is 0 Å². The van der Waals surface area contributed by atoms with Gasteiger partial charge in [-0.1, -0.05) is 97.1 Å². The quantitative estimate of drug-likeness (QED) is 0.202. The van der Waals surface area contributed by atoms with Crippen molar-refractivity contribution < 1.29 is 4.42 Å². The van der Waals surface area contributed by atoms with Gasteiger partial charge >= 0.3 is 5.63 Å². The second-order valence-corrected chi connectivity index (χ2v) is 9.24. The number of hydrogen-bond donors (Lipinski definition) is 0. The summed E-state index contributed by atoms with van der Waals surface area (Å²) >= 11 is 0. The van der Waals surface area contributed by atoms with Crippen LogP contribution >= 0.6 is 0 Å². The Kier molecular flexibility index (Phi) is 4.46. The molecule has 1 atom stereocenters. The van der Waals surface area contributed by atoms with E-state index in [0.717, 1.165) is 17.2 Å². The van der Waals surface area contributed by atoms with E-state index in [9.17, 15) is 4.79 Å². The van der Waals surface area contributed by atoms with Crippen molar-refractivity contribution in [1.29, 1.82) is 0 Å². The largest absolute Gasteiger partial charge is 0.422 e. The highest BCUT2D eigenvalue weighted by Crippen LogP contribution is 2.48. The Labute approximate surface area is 203 Å². The van der Waals surface area contributed by atoms with E-state index in [1.807, 2.05) is 36.4 Å². The van der Waals surface area contributed by atoms with Crippen LogP contribution < -0.4 is 5.63 Å². The SMILES string of the molecule is O=c1oc2ccccc2c2c(CC3c4ccccc4-c4cc(-c5ccccc5)ccc43)cccc12. The zero-order valence-electron chi connectivity index (χ0n) is 19.1. The van der Waals surface area contributed by atoms with Gasteiger partial charge in [0.15, 0.2) is 0 Å². The van der Waals surface area contributed by atoms with E-state index in [0.29, 0.717) is 11.0 Å². The molecule has 1 unspecified atom stereocenters. The van der Waals surface area contributed by atoms with Crippen molar-refractivity contribution in [3.8, 4) is 22.3 Å². The Hall–Kier alpha value is -4.43. The van der Waals surface area contributed by atoms with E-state index in [1.54, 1.807) is 0 Å². The fraction of sp³-hybridized carbons (Fsp3) is 0.0606. The van der Waals surface area contributed by atoms with E-state index in [1.165, 1.54) is 38.9 Å². The minimum absolute atomic E-state index is 0.225. The maximum Gasteiger partial charge on any atom is 0.344 e. The smallest absolute Gasteiger partial charge is 0.344 e. The van der Waals surface area contributed by atoms with Crippen LogP contribution in [-0.4, -0.2) is 0 Å². The van der Waals surface area contributed by atoms with Crippen LogP contribution in [0.4, 0.5) is 0 Å². The Balaban J connectivity index is 1.41. The molecule has 1 aromatic heterocycles. The summed E-state index contributed by atoms with van der Waals surface area (Å²) in [6, 6.07) is 40.0. The number of fused-ring (bicyclic) bond motifs is 6. The lowest BCUT2D eigenvalue weighted by Crippen LogP contribution is -2.05. The lowest BCUT2D eigenvalue weighted by Gasteiger charge is -2.16. The molecule has 1 aliphatic rings. The summed E-state index contributed by atoms with van der Waals surface area (Å²) in [4.78, 5) is 12.8. The highest BCUT2D eigenvalue weighted by atomic mass is 16.4. The first-order valence-electron chi connectivity index (χ1n) is 12.0. The first kappa shape index (κ1) is 20.0. The Morgan fingerprint density at radius 2 is 1.34 bits per heavy atom. The van der Waals surface area contributed by atoms with Gasteiger partial charge < -0.3 is 4.42 Å². The van der Waals surface area contributed by atoms with Crippen molar-refractivity contribution in [2.24, 2.45) is 0 Å². The summed E-state index contributed by atoms with van der Waals surface area (Å²) in [7, 11) is 0. The fourth-order valence-corrected chi connectivity index (χ4v) is 5.73. The van der Waals surface area contributed by atoms with Gasteiger partial charge in [-0.05, 0) is 63.6 Å². The predicted octanol–water partition coefficient (Wildman–Crippen LogP) is 7.97. The second kappa shape index (κ2) is 7.82. The van der Waals surface area contributed by atoms with Crippen molar-refractivity contribution in [3.63, 3.8) is 0 Å². The zero-order valence-corrected chi connectivity index (χ0v) is 19.1. The summed E-state index contributed by atoms with van der Waals surface area (Å²) in [5.74, 6) is 0.225. The van der Waals surface area contributed by atoms with Crippen molar-refractivity contribution in [1.82, 2.24) is 0 Å². The van der Waals surface area contributed by atoms with Gasteiger partial charge in [0.25, 0.3) is 0 Å². The lowest BCUT2D eigenvalue weighted by molar-refractivity contribution is 0.569. The third-order valence-corrected chi connectivity index (χ3v) is 7.32. The summed E-state index contributed by atoms with van der Waals surface area (Å²) in [5.41, 5.74) is 9.28. The van der Waals surface area contributed by atoms with Crippen LogP contribution in [0.1, 0.15) is 22.6 Å². The number of para-hydroxylation sites is 1. The molecule has 0 fully saturated rings. The molecule has 0 N–H and O–H groups in total. The van der Waals surface area contributed by atoms with Crippen LogP contribution in [0, 0.1) is 0 Å². The average molecular weight is 451 g/mol. The van der Waals surface area contributed by atoms with E-state index >= 15 is 0 Å². The van der Waals surface area contributed by atoms with Crippen LogP contribution in [-0.2, 0) is 6.42 Å². The molecule has 0 saturated heterocycles. The lowest BCUT2D eigenvalue weighted by atomic mass is 9.87. The number of rotatable bonds is 3. The fourth-order valence-electron chi connectivity index (χ4n) is 5.73. The molecule has 5 aromatic carbocycles. The standard InChI is InChI=1S/C33H22O2/c34-33-28-15-8-11-23(32(28)27-14-6-7-16-31(27)35-33)20-30-25-13-5-4-12-24(25)29-19-22(17-18-26(29)30)21-9-2-1-3-10-21/h1-19,30H,20H2. The van der Waals surface area contributed by atoms with Crippen LogP contribution in [0.5, 0.6) is 0 Å². The van der Waals surface area contributed by atoms with Crippen LogP contribution in [0.25, 0.3) is 44.0 Å². The molecule has 35 heavy (non-hydrogen) atoms. The molecule has 0 saturated carbocycles. The molecular weight excluding hydrogens is 428 g/mol. The molecular formula is C33H22O2. The van der Waals surface area contributed by atoms with Gasteiger partial charge in [-0.25, -0.2) is 4.79 Å². The Morgan fingerprint density at radius 3 is 2.26 bits per heavy atom. The summed E-state index contributed by atoms with van der Waals surface area (Å²) in [5, 5.41) is 2.64. The van der Waals surface area contributed by atoms with Gasteiger partial charge in [0, 0.05) is 16.7 Å². The summed E-state index contributed by atoms with van der Waals surface area (Å²) < 4.78 is 5.61. The maximum absolute atomic E-state index is 12.8. The molecule has 0 amide bonds. The molecule has 166 valence electrons. The minimum Gasteiger partial charge on any atom is -0.422 e. The minimum atomic E-state index is -0.278. The topological polar surface area (TPSA) is 30.2 Å². The Bertz CT molecular complexity index is 1790. The van der Waals surface area contributed by atoms with Crippen LogP contribution in [0.3, 0.4) is 0 Å². The monoisotopic (exact) mass is 450 g/mol. The summed E-state index contributed by atoms with van der Waals surface area (Å²) in [6.45, 7) is 0. The van der Waals surface area contributed by atoms with Crippen LogP contribution in [0.15, 0.2) is 124 Å². The van der Waals surface area contributed by atoms with E-state index in [2.05, 4.69) is 78.9 Å². The molecule has 0 spiro atoms. The molecule has 2 heteroatoms. The summed E-state index contributed by atoms with van der Waals surface area (Å²) in [6.07, 6.45) is 0.819. The third-order valence-electron chi connectivity index (χ3n) is 7.32. The van der Waals surface area contributed by atoms with Gasteiger partial charge in [-0.2, -0.15) is 0 Å². The number of benzene rings is 5. The molecule has 0 aliphatic heterocycles. The molecule has 2 nitrogen and oxygen atoms in total. The van der Waals surface area contributed by atoms with Gasteiger partial charge in [0.2, 0.25) is 0 Å². The van der Waals surface area contributed by atoms with Crippen molar-refractivity contribution in [2.75, 3.05) is 0 Å². The molecule has 7 rings (SSSR count). The van der Waals surface area contributed by atoms with Crippen molar-refractivity contribution >= 4 is 21.7 Å². The first-order valence-corrected chi connectivity index (χ1v) is 12.0. The van der Waals surface area contributed by atoms with Crippen molar-refractivity contribution in [2.45, 2.75) is 12.3 Å².